The van der Waals surface area contributed by atoms with Gasteiger partial charge < -0.3 is 9.88 Å². The molecule has 1 aromatic heterocycles. The van der Waals surface area contributed by atoms with Gasteiger partial charge in [0, 0.05) is 18.5 Å². The summed E-state index contributed by atoms with van der Waals surface area (Å²) in [5, 5.41) is 12.0. The Morgan fingerprint density at radius 1 is 1.33 bits per heavy atom. The Kier molecular flexibility index (Phi) is 6.62. The minimum Gasteiger partial charge on any atom is -0.351 e. The maximum Gasteiger partial charge on any atom is 0.233 e. The van der Waals surface area contributed by atoms with Crippen LogP contribution in [-0.2, 0) is 21.2 Å². The fourth-order valence-electron chi connectivity index (χ4n) is 3.79. The summed E-state index contributed by atoms with van der Waals surface area (Å²) in [5.41, 5.74) is 0. The van der Waals surface area contributed by atoms with Crippen LogP contribution < -0.4 is 5.32 Å². The van der Waals surface area contributed by atoms with E-state index in [9.17, 15) is 13.2 Å². The molecule has 27 heavy (non-hydrogen) atoms. The van der Waals surface area contributed by atoms with Gasteiger partial charge in [-0.1, -0.05) is 37.1 Å². The Morgan fingerprint density at radius 2 is 2.07 bits per heavy atom. The number of aromatic nitrogens is 3. The zero-order valence-corrected chi connectivity index (χ0v) is 17.4. The summed E-state index contributed by atoms with van der Waals surface area (Å²) in [6, 6.07) is -0.283. The van der Waals surface area contributed by atoms with Crippen molar-refractivity contribution in [2.24, 2.45) is 0 Å². The second-order valence-corrected chi connectivity index (χ2v) is 11.0. The molecule has 1 saturated heterocycles. The molecule has 2 atom stereocenters. The van der Waals surface area contributed by atoms with E-state index < -0.39 is 9.84 Å². The van der Waals surface area contributed by atoms with E-state index in [2.05, 4.69) is 26.7 Å². The largest absolute Gasteiger partial charge is 0.351 e. The number of carbonyl (C=O) groups is 1. The third kappa shape index (κ3) is 5.13. The maximum atomic E-state index is 12.5. The zero-order valence-electron chi connectivity index (χ0n) is 15.8. The predicted octanol–water partition coefficient (Wildman–Crippen LogP) is 2.30. The van der Waals surface area contributed by atoms with E-state index in [0.717, 1.165) is 23.8 Å². The molecule has 0 radical (unpaired) electrons. The number of carbonyl (C=O) groups excluding carboxylic acids is 1. The highest BCUT2D eigenvalue weighted by molar-refractivity contribution is 8.00. The number of hydrogen-bond donors (Lipinski definition) is 1. The van der Waals surface area contributed by atoms with E-state index in [-0.39, 0.29) is 28.7 Å². The van der Waals surface area contributed by atoms with Crippen LogP contribution in [0, 0.1) is 0 Å². The minimum absolute atomic E-state index is 0.0363. The van der Waals surface area contributed by atoms with Gasteiger partial charge in [-0.15, -0.1) is 16.8 Å². The van der Waals surface area contributed by atoms with Gasteiger partial charge in [-0.25, -0.2) is 8.42 Å². The average molecular weight is 413 g/mol. The van der Waals surface area contributed by atoms with Crippen molar-refractivity contribution in [1.82, 2.24) is 20.1 Å². The van der Waals surface area contributed by atoms with E-state index in [0.29, 0.717) is 18.9 Å². The van der Waals surface area contributed by atoms with Gasteiger partial charge in [-0.05, 0) is 26.2 Å². The molecule has 9 heteroatoms. The van der Waals surface area contributed by atoms with Crippen molar-refractivity contribution in [3.05, 3.63) is 18.5 Å². The molecule has 0 spiro atoms. The van der Waals surface area contributed by atoms with Gasteiger partial charge in [0.05, 0.1) is 16.8 Å². The van der Waals surface area contributed by atoms with Crippen LogP contribution in [0.4, 0.5) is 0 Å². The molecule has 0 unspecified atom stereocenters. The molecule has 1 aromatic rings. The van der Waals surface area contributed by atoms with Crippen molar-refractivity contribution in [3.8, 4) is 0 Å². The molecule has 2 aliphatic rings. The highest BCUT2D eigenvalue weighted by atomic mass is 32.2. The quantitative estimate of drug-likeness (QED) is 0.545. The molecule has 1 aliphatic heterocycles. The molecule has 1 saturated carbocycles. The number of hydrogen-bond acceptors (Lipinski definition) is 6. The second kappa shape index (κ2) is 8.77. The van der Waals surface area contributed by atoms with Crippen LogP contribution >= 0.6 is 11.8 Å². The Bertz CT molecular complexity index is 785. The Labute approximate surface area is 165 Å². The van der Waals surface area contributed by atoms with Crippen LogP contribution in [0.1, 0.15) is 57.2 Å². The highest BCUT2D eigenvalue weighted by Gasteiger charge is 2.31. The lowest BCUT2D eigenvalue weighted by atomic mass is 9.89. The summed E-state index contributed by atoms with van der Waals surface area (Å²) < 4.78 is 25.2. The molecule has 0 aromatic carbocycles. The molecule has 2 heterocycles. The van der Waals surface area contributed by atoms with E-state index in [1.165, 1.54) is 31.0 Å². The van der Waals surface area contributed by atoms with E-state index in [4.69, 9.17) is 0 Å². The summed E-state index contributed by atoms with van der Waals surface area (Å²) in [6.07, 6.45) is 8.30. The standard InChI is InChI=1S/C18H28N4O3S2/c1-3-10-22-16(14-7-5-4-6-8-14)20-21-18(22)26-13(2)17(23)19-15-9-11-27(24,25)12-15/h3,13-15H,1,4-12H2,2H3,(H,19,23)/t13-,15-/m0/s1. The summed E-state index contributed by atoms with van der Waals surface area (Å²) in [7, 11) is -3.01. The number of amides is 1. The van der Waals surface area contributed by atoms with Gasteiger partial charge in [0.1, 0.15) is 5.82 Å². The van der Waals surface area contributed by atoms with Crippen LogP contribution in [0.2, 0.25) is 0 Å². The minimum atomic E-state index is -3.01. The fraction of sp³-hybridized carbons (Fsp3) is 0.722. The Hall–Kier alpha value is -1.35. The molecule has 1 N–H and O–H groups in total. The summed E-state index contributed by atoms with van der Waals surface area (Å²) in [5.74, 6) is 1.45. The van der Waals surface area contributed by atoms with Crippen molar-refractivity contribution in [2.45, 2.75) is 74.4 Å². The SMILES string of the molecule is C=CCn1c(S[C@@H](C)C(=O)N[C@H]2CCS(=O)(=O)C2)nnc1C1CCCCC1. The molecule has 0 bridgehead atoms. The second-order valence-electron chi connectivity index (χ2n) is 7.44. The number of rotatable bonds is 7. The lowest BCUT2D eigenvalue weighted by Crippen LogP contribution is -2.40. The molecule has 7 nitrogen and oxygen atoms in total. The van der Waals surface area contributed by atoms with Gasteiger partial charge in [-0.2, -0.15) is 0 Å². The first-order valence-corrected chi connectivity index (χ1v) is 12.3. The van der Waals surface area contributed by atoms with Crippen LogP contribution in [0.25, 0.3) is 0 Å². The van der Waals surface area contributed by atoms with Gasteiger partial charge in [0.15, 0.2) is 15.0 Å². The number of thioether (sulfide) groups is 1. The van der Waals surface area contributed by atoms with Gasteiger partial charge in [0.25, 0.3) is 0 Å². The normalized spacial score (nSPS) is 23.8. The van der Waals surface area contributed by atoms with Crippen molar-refractivity contribution in [1.29, 1.82) is 0 Å². The molecular weight excluding hydrogens is 384 g/mol. The lowest BCUT2D eigenvalue weighted by Gasteiger charge is -2.21. The smallest absolute Gasteiger partial charge is 0.233 e. The van der Waals surface area contributed by atoms with E-state index >= 15 is 0 Å². The number of allylic oxidation sites excluding steroid dienone is 1. The predicted molar refractivity (Wildman–Crippen MR) is 107 cm³/mol. The molecule has 3 rings (SSSR count). The van der Waals surface area contributed by atoms with Crippen LogP contribution in [-0.4, -0.2) is 51.9 Å². The van der Waals surface area contributed by atoms with E-state index in [1.54, 1.807) is 0 Å². The van der Waals surface area contributed by atoms with Crippen LogP contribution in [0.3, 0.4) is 0 Å². The molecule has 150 valence electrons. The van der Waals surface area contributed by atoms with E-state index in [1.807, 2.05) is 13.0 Å². The summed E-state index contributed by atoms with van der Waals surface area (Å²) in [4.78, 5) is 12.5. The molecular formula is C18H28N4O3S2. The van der Waals surface area contributed by atoms with Gasteiger partial charge in [0.2, 0.25) is 5.91 Å². The number of sulfone groups is 1. The zero-order chi connectivity index (χ0) is 19.4. The third-order valence-electron chi connectivity index (χ3n) is 5.26. The first-order chi connectivity index (χ1) is 12.9. The topological polar surface area (TPSA) is 94.0 Å². The molecule has 1 aliphatic carbocycles. The maximum absolute atomic E-state index is 12.5. The summed E-state index contributed by atoms with van der Waals surface area (Å²) >= 11 is 1.37. The van der Waals surface area contributed by atoms with Crippen molar-refractivity contribution < 1.29 is 13.2 Å². The number of nitrogens with zero attached hydrogens (tertiary/aromatic N) is 3. The van der Waals surface area contributed by atoms with Crippen LogP contribution in [0.5, 0.6) is 0 Å². The number of nitrogens with one attached hydrogen (secondary N) is 1. The average Bonchev–Trinajstić information content (AvgIpc) is 3.19. The first kappa shape index (κ1) is 20.4. The van der Waals surface area contributed by atoms with Crippen molar-refractivity contribution in [3.63, 3.8) is 0 Å². The lowest BCUT2D eigenvalue weighted by molar-refractivity contribution is -0.120. The monoisotopic (exact) mass is 412 g/mol. The highest BCUT2D eigenvalue weighted by Crippen LogP contribution is 2.34. The molecule has 2 fully saturated rings. The molecule has 1 amide bonds. The first-order valence-electron chi connectivity index (χ1n) is 9.61. The third-order valence-corrected chi connectivity index (χ3v) is 8.11. The fourth-order valence-corrected chi connectivity index (χ4v) is 6.34. The summed E-state index contributed by atoms with van der Waals surface area (Å²) in [6.45, 7) is 6.27. The van der Waals surface area contributed by atoms with Crippen molar-refractivity contribution in [2.75, 3.05) is 11.5 Å². The van der Waals surface area contributed by atoms with Crippen molar-refractivity contribution >= 4 is 27.5 Å². The Morgan fingerprint density at radius 3 is 2.70 bits per heavy atom. The Balaban J connectivity index is 1.66. The van der Waals surface area contributed by atoms with Gasteiger partial charge >= 0.3 is 0 Å². The van der Waals surface area contributed by atoms with Crippen LogP contribution in [0.15, 0.2) is 17.8 Å². The van der Waals surface area contributed by atoms with Gasteiger partial charge in [-0.3, -0.25) is 4.79 Å².